The first-order chi connectivity index (χ1) is 9.15. The van der Waals surface area contributed by atoms with E-state index >= 15 is 0 Å². The van der Waals surface area contributed by atoms with Gasteiger partial charge in [-0.1, -0.05) is 11.6 Å². The Morgan fingerprint density at radius 1 is 1.16 bits per heavy atom. The standard InChI is InChI=1S/C15H16ClNOS/c1-11-10-13(4-7-15(11)16)18-8-9-19-14-5-2-12(17)3-6-14/h2-7,10H,8-9,17H2,1H3. The molecule has 0 unspecified atom stereocenters. The zero-order chi connectivity index (χ0) is 13.7. The van der Waals surface area contributed by atoms with Crippen LogP contribution in [0.2, 0.25) is 5.02 Å². The molecule has 0 saturated heterocycles. The molecule has 2 aromatic rings. The molecule has 0 amide bonds. The lowest BCUT2D eigenvalue weighted by Gasteiger charge is -2.07. The monoisotopic (exact) mass is 293 g/mol. The minimum Gasteiger partial charge on any atom is -0.493 e. The summed E-state index contributed by atoms with van der Waals surface area (Å²) in [6.45, 7) is 2.63. The Bertz CT molecular complexity index is 542. The van der Waals surface area contributed by atoms with Crippen molar-refractivity contribution in [2.75, 3.05) is 18.1 Å². The van der Waals surface area contributed by atoms with Crippen LogP contribution in [-0.2, 0) is 0 Å². The number of nitrogen functional groups attached to an aromatic ring is 1. The molecule has 0 atom stereocenters. The number of rotatable bonds is 5. The van der Waals surface area contributed by atoms with Crippen LogP contribution in [0, 0.1) is 6.92 Å². The third kappa shape index (κ3) is 4.37. The lowest BCUT2D eigenvalue weighted by Crippen LogP contribution is -2.00. The maximum Gasteiger partial charge on any atom is 0.119 e. The molecule has 2 aromatic carbocycles. The summed E-state index contributed by atoms with van der Waals surface area (Å²) in [6, 6.07) is 13.6. The summed E-state index contributed by atoms with van der Waals surface area (Å²) in [5.74, 6) is 1.76. The fourth-order valence-corrected chi connectivity index (χ4v) is 2.44. The van der Waals surface area contributed by atoms with Crippen LogP contribution in [0.4, 0.5) is 5.69 Å². The maximum absolute atomic E-state index is 5.96. The number of aryl methyl sites for hydroxylation is 1. The third-order valence-electron chi connectivity index (χ3n) is 2.63. The van der Waals surface area contributed by atoms with Gasteiger partial charge in [0.1, 0.15) is 5.75 Å². The van der Waals surface area contributed by atoms with E-state index in [1.54, 1.807) is 11.8 Å². The Hall–Kier alpha value is -1.32. The van der Waals surface area contributed by atoms with Crippen molar-refractivity contribution in [3.63, 3.8) is 0 Å². The van der Waals surface area contributed by atoms with Crippen LogP contribution >= 0.6 is 23.4 Å². The Labute approximate surface area is 122 Å². The molecule has 2 N–H and O–H groups in total. The quantitative estimate of drug-likeness (QED) is 0.504. The van der Waals surface area contributed by atoms with Gasteiger partial charge >= 0.3 is 0 Å². The van der Waals surface area contributed by atoms with Crippen molar-refractivity contribution < 1.29 is 4.74 Å². The SMILES string of the molecule is Cc1cc(OCCSc2ccc(N)cc2)ccc1Cl. The maximum atomic E-state index is 5.96. The zero-order valence-corrected chi connectivity index (χ0v) is 12.3. The number of thioether (sulfide) groups is 1. The summed E-state index contributed by atoms with van der Waals surface area (Å²) in [6.07, 6.45) is 0. The Morgan fingerprint density at radius 3 is 2.58 bits per heavy atom. The molecule has 0 saturated carbocycles. The van der Waals surface area contributed by atoms with Crippen LogP contribution < -0.4 is 10.5 Å². The van der Waals surface area contributed by atoms with Gasteiger partial charge in [0.2, 0.25) is 0 Å². The number of hydrogen-bond acceptors (Lipinski definition) is 3. The largest absolute Gasteiger partial charge is 0.493 e. The van der Waals surface area contributed by atoms with Gasteiger partial charge in [0, 0.05) is 21.4 Å². The van der Waals surface area contributed by atoms with Crippen molar-refractivity contribution in [1.82, 2.24) is 0 Å². The van der Waals surface area contributed by atoms with Crippen LogP contribution in [0.15, 0.2) is 47.4 Å². The van der Waals surface area contributed by atoms with Gasteiger partial charge in [-0.15, -0.1) is 11.8 Å². The van der Waals surface area contributed by atoms with Crippen molar-refractivity contribution in [2.45, 2.75) is 11.8 Å². The summed E-state index contributed by atoms with van der Waals surface area (Å²) in [7, 11) is 0. The smallest absolute Gasteiger partial charge is 0.119 e. The summed E-state index contributed by atoms with van der Waals surface area (Å²) in [5.41, 5.74) is 7.46. The molecule has 0 radical (unpaired) electrons. The normalized spacial score (nSPS) is 10.4. The second kappa shape index (κ2) is 6.73. The van der Waals surface area contributed by atoms with Crippen molar-refractivity contribution in [1.29, 1.82) is 0 Å². The molecular weight excluding hydrogens is 278 g/mol. The van der Waals surface area contributed by atoms with E-state index in [9.17, 15) is 0 Å². The van der Waals surface area contributed by atoms with Crippen molar-refractivity contribution >= 4 is 29.1 Å². The van der Waals surface area contributed by atoms with Gasteiger partial charge in [0.25, 0.3) is 0 Å². The number of benzene rings is 2. The highest BCUT2D eigenvalue weighted by molar-refractivity contribution is 7.99. The Morgan fingerprint density at radius 2 is 1.89 bits per heavy atom. The first-order valence-corrected chi connectivity index (χ1v) is 7.39. The van der Waals surface area contributed by atoms with Gasteiger partial charge in [-0.25, -0.2) is 0 Å². The molecule has 2 nitrogen and oxygen atoms in total. The molecule has 4 heteroatoms. The highest BCUT2D eigenvalue weighted by atomic mass is 35.5. The number of ether oxygens (including phenoxy) is 1. The van der Waals surface area contributed by atoms with Gasteiger partial charge in [-0.3, -0.25) is 0 Å². The van der Waals surface area contributed by atoms with E-state index in [-0.39, 0.29) is 0 Å². The summed E-state index contributed by atoms with van der Waals surface area (Å²) in [5, 5.41) is 0.767. The van der Waals surface area contributed by atoms with E-state index in [4.69, 9.17) is 22.1 Å². The molecule has 0 aliphatic carbocycles. The van der Waals surface area contributed by atoms with Crippen molar-refractivity contribution in [3.05, 3.63) is 53.1 Å². The fraction of sp³-hybridized carbons (Fsp3) is 0.200. The van der Waals surface area contributed by atoms with Crippen LogP contribution in [0.3, 0.4) is 0 Å². The van der Waals surface area contributed by atoms with Crippen molar-refractivity contribution in [2.24, 2.45) is 0 Å². The molecule has 0 bridgehead atoms. The fourth-order valence-electron chi connectivity index (χ4n) is 1.59. The predicted molar refractivity (Wildman–Crippen MR) is 83.3 cm³/mol. The van der Waals surface area contributed by atoms with Crippen LogP contribution in [0.25, 0.3) is 0 Å². The summed E-state index contributed by atoms with van der Waals surface area (Å²) < 4.78 is 5.68. The highest BCUT2D eigenvalue weighted by Gasteiger charge is 1.99. The van der Waals surface area contributed by atoms with E-state index in [1.807, 2.05) is 49.4 Å². The second-order valence-corrected chi connectivity index (χ2v) is 5.75. The topological polar surface area (TPSA) is 35.2 Å². The Balaban J connectivity index is 1.77. The third-order valence-corrected chi connectivity index (χ3v) is 4.03. The minimum atomic E-state index is 0.663. The molecule has 0 aliphatic rings. The first-order valence-electron chi connectivity index (χ1n) is 6.02. The van der Waals surface area contributed by atoms with Gasteiger partial charge in [-0.2, -0.15) is 0 Å². The van der Waals surface area contributed by atoms with E-state index in [0.717, 1.165) is 27.8 Å². The molecule has 0 spiro atoms. The molecular formula is C15H16ClNOS. The average molecular weight is 294 g/mol. The van der Waals surface area contributed by atoms with Crippen LogP contribution in [0.1, 0.15) is 5.56 Å². The van der Waals surface area contributed by atoms with Gasteiger partial charge in [0.15, 0.2) is 0 Å². The van der Waals surface area contributed by atoms with E-state index < -0.39 is 0 Å². The van der Waals surface area contributed by atoms with Crippen LogP contribution in [0.5, 0.6) is 5.75 Å². The number of anilines is 1. The van der Waals surface area contributed by atoms with Gasteiger partial charge in [0.05, 0.1) is 6.61 Å². The summed E-state index contributed by atoms with van der Waals surface area (Å²) >= 11 is 7.71. The van der Waals surface area contributed by atoms with Crippen molar-refractivity contribution in [3.8, 4) is 5.75 Å². The molecule has 0 aromatic heterocycles. The first kappa shape index (κ1) is 14.1. The highest BCUT2D eigenvalue weighted by Crippen LogP contribution is 2.22. The molecule has 100 valence electrons. The van der Waals surface area contributed by atoms with Crippen LogP contribution in [-0.4, -0.2) is 12.4 Å². The van der Waals surface area contributed by atoms with E-state index in [1.165, 1.54) is 4.90 Å². The molecule has 19 heavy (non-hydrogen) atoms. The average Bonchev–Trinajstić information content (AvgIpc) is 2.41. The van der Waals surface area contributed by atoms with Gasteiger partial charge < -0.3 is 10.5 Å². The number of nitrogens with two attached hydrogens (primary N) is 1. The van der Waals surface area contributed by atoms with E-state index in [0.29, 0.717) is 6.61 Å². The second-order valence-electron chi connectivity index (χ2n) is 4.18. The number of hydrogen-bond donors (Lipinski definition) is 1. The molecule has 0 fully saturated rings. The minimum absolute atomic E-state index is 0.663. The lowest BCUT2D eigenvalue weighted by molar-refractivity contribution is 0.344. The predicted octanol–water partition coefficient (Wildman–Crippen LogP) is 4.40. The van der Waals surface area contributed by atoms with Gasteiger partial charge in [-0.05, 0) is 55.0 Å². The number of halogens is 1. The van der Waals surface area contributed by atoms with E-state index in [2.05, 4.69) is 0 Å². The summed E-state index contributed by atoms with van der Waals surface area (Å²) in [4.78, 5) is 1.20. The Kier molecular flexibility index (Phi) is 5.00. The molecule has 0 heterocycles. The zero-order valence-electron chi connectivity index (χ0n) is 10.7. The lowest BCUT2D eigenvalue weighted by atomic mass is 10.2. The molecule has 2 rings (SSSR count). The molecule has 0 aliphatic heterocycles.